The zero-order valence-corrected chi connectivity index (χ0v) is 14.1. The molecule has 3 rings (SSSR count). The van der Waals surface area contributed by atoms with Gasteiger partial charge in [0.1, 0.15) is 5.69 Å². The van der Waals surface area contributed by atoms with Crippen molar-refractivity contribution < 1.29 is 9.59 Å². The number of hydrogen-bond donors (Lipinski definition) is 1. The Labute approximate surface area is 134 Å². The van der Waals surface area contributed by atoms with Crippen LogP contribution in [0.25, 0.3) is 0 Å². The van der Waals surface area contributed by atoms with Crippen LogP contribution in [0, 0.1) is 12.3 Å². The van der Waals surface area contributed by atoms with E-state index in [-0.39, 0.29) is 23.4 Å². The molecule has 2 aliphatic rings. The molecule has 2 heterocycles. The molecular formula is C15H22N4O2S. The second-order valence-electron chi connectivity index (χ2n) is 6.68. The molecule has 0 bridgehead atoms. The second kappa shape index (κ2) is 5.53. The molecule has 6 nitrogen and oxygen atoms in total. The average molecular weight is 322 g/mol. The Bertz CT molecular complexity index is 592. The molecule has 1 aliphatic carbocycles. The van der Waals surface area contributed by atoms with Crippen LogP contribution >= 0.6 is 11.3 Å². The van der Waals surface area contributed by atoms with E-state index < -0.39 is 0 Å². The monoisotopic (exact) mass is 322 g/mol. The van der Waals surface area contributed by atoms with Crippen LogP contribution in [0.2, 0.25) is 0 Å². The molecule has 2 fully saturated rings. The van der Waals surface area contributed by atoms with Crippen LogP contribution in [0.5, 0.6) is 0 Å². The van der Waals surface area contributed by atoms with Gasteiger partial charge in [0.2, 0.25) is 0 Å². The highest BCUT2D eigenvalue weighted by Gasteiger charge is 2.50. The molecule has 0 aromatic carbocycles. The van der Waals surface area contributed by atoms with Gasteiger partial charge in [0, 0.05) is 38.6 Å². The van der Waals surface area contributed by atoms with Crippen molar-refractivity contribution in [3.8, 4) is 0 Å². The van der Waals surface area contributed by atoms with E-state index in [1.807, 2.05) is 17.2 Å². The highest BCUT2D eigenvalue weighted by Crippen LogP contribution is 2.48. The number of aryl methyl sites for hydroxylation is 1. The van der Waals surface area contributed by atoms with Crippen molar-refractivity contribution >= 4 is 23.3 Å². The maximum Gasteiger partial charge on any atom is 0.317 e. The average Bonchev–Trinajstić information content (AvgIpc) is 3.04. The quantitative estimate of drug-likeness (QED) is 0.901. The van der Waals surface area contributed by atoms with Gasteiger partial charge < -0.3 is 15.1 Å². The number of likely N-dealkylation sites (tertiary alicyclic amines) is 1. The van der Waals surface area contributed by atoms with Crippen LogP contribution in [0.3, 0.4) is 0 Å². The van der Waals surface area contributed by atoms with Crippen molar-refractivity contribution in [3.05, 3.63) is 16.1 Å². The summed E-state index contributed by atoms with van der Waals surface area (Å²) in [6, 6.07) is 0.204. The van der Waals surface area contributed by atoms with E-state index in [9.17, 15) is 9.59 Å². The van der Waals surface area contributed by atoms with Crippen molar-refractivity contribution in [2.75, 3.05) is 27.2 Å². The highest BCUT2D eigenvalue weighted by molar-refractivity contribution is 7.09. The van der Waals surface area contributed by atoms with Gasteiger partial charge in [-0.25, -0.2) is 9.78 Å². The summed E-state index contributed by atoms with van der Waals surface area (Å²) in [6.45, 7) is 3.50. The van der Waals surface area contributed by atoms with E-state index >= 15 is 0 Å². The Hall–Kier alpha value is -1.63. The lowest BCUT2D eigenvalue weighted by Gasteiger charge is -2.45. The van der Waals surface area contributed by atoms with Crippen molar-refractivity contribution in [2.24, 2.45) is 5.41 Å². The normalized spacial score (nSPS) is 26.9. The molecule has 1 aromatic heterocycles. The zero-order chi connectivity index (χ0) is 15.9. The fourth-order valence-electron chi connectivity index (χ4n) is 3.46. The van der Waals surface area contributed by atoms with Gasteiger partial charge in [-0.05, 0) is 31.6 Å². The smallest absolute Gasteiger partial charge is 0.317 e. The molecular weight excluding hydrogens is 300 g/mol. The molecule has 0 unspecified atom stereocenters. The number of aromatic nitrogens is 1. The van der Waals surface area contributed by atoms with Crippen LogP contribution in [0.4, 0.5) is 4.79 Å². The lowest BCUT2D eigenvalue weighted by molar-refractivity contribution is 0.0661. The third kappa shape index (κ3) is 2.82. The molecule has 1 N–H and O–H groups in total. The standard InChI is InChI=1S/C15H22N4O2S/c1-10-16-12(8-22-10)13(20)19-5-4-15(9-19)6-11(7-15)17-14(21)18(2)3/h8,11H,4-7,9H2,1-3H3,(H,17,21). The number of rotatable bonds is 2. The number of nitrogens with one attached hydrogen (secondary N) is 1. The molecule has 3 amide bonds. The third-order valence-electron chi connectivity index (χ3n) is 4.66. The SMILES string of the molecule is Cc1nc(C(=O)N2CCC3(CC(NC(=O)N(C)C)C3)C2)cs1. The Morgan fingerprint density at radius 1 is 1.45 bits per heavy atom. The number of amides is 3. The van der Waals surface area contributed by atoms with E-state index in [4.69, 9.17) is 0 Å². The van der Waals surface area contributed by atoms with Crippen molar-refractivity contribution in [1.29, 1.82) is 0 Å². The largest absolute Gasteiger partial charge is 0.337 e. The summed E-state index contributed by atoms with van der Waals surface area (Å²) in [5.41, 5.74) is 0.765. The topological polar surface area (TPSA) is 65.5 Å². The van der Waals surface area contributed by atoms with Crippen LogP contribution in [0.1, 0.15) is 34.8 Å². The van der Waals surface area contributed by atoms with Gasteiger partial charge in [0.15, 0.2) is 0 Å². The number of hydrogen-bond acceptors (Lipinski definition) is 4. The summed E-state index contributed by atoms with van der Waals surface area (Å²) < 4.78 is 0. The van der Waals surface area contributed by atoms with Crippen molar-refractivity contribution in [2.45, 2.75) is 32.2 Å². The predicted octanol–water partition coefficient (Wildman–Crippen LogP) is 1.72. The summed E-state index contributed by atoms with van der Waals surface area (Å²) in [5, 5.41) is 5.78. The highest BCUT2D eigenvalue weighted by atomic mass is 32.1. The van der Waals surface area contributed by atoms with E-state index in [0.717, 1.165) is 37.4 Å². The third-order valence-corrected chi connectivity index (χ3v) is 5.43. The van der Waals surface area contributed by atoms with Crippen molar-refractivity contribution in [3.63, 3.8) is 0 Å². The summed E-state index contributed by atoms with van der Waals surface area (Å²) in [5.74, 6) is 0.0435. The van der Waals surface area contributed by atoms with Gasteiger partial charge in [-0.3, -0.25) is 4.79 Å². The minimum atomic E-state index is -0.0382. The molecule has 1 aliphatic heterocycles. The molecule has 120 valence electrons. The molecule has 1 aromatic rings. The fraction of sp³-hybridized carbons (Fsp3) is 0.667. The lowest BCUT2D eigenvalue weighted by Crippen LogP contribution is -2.54. The van der Waals surface area contributed by atoms with E-state index in [2.05, 4.69) is 10.3 Å². The van der Waals surface area contributed by atoms with Crippen LogP contribution < -0.4 is 5.32 Å². The predicted molar refractivity (Wildman–Crippen MR) is 85.0 cm³/mol. The van der Waals surface area contributed by atoms with Crippen LogP contribution in [-0.2, 0) is 0 Å². The molecule has 0 atom stereocenters. The summed E-state index contributed by atoms with van der Waals surface area (Å²) in [6.07, 6.45) is 2.95. The number of urea groups is 1. The number of carbonyl (C=O) groups is 2. The van der Waals surface area contributed by atoms with Gasteiger partial charge in [0.25, 0.3) is 5.91 Å². The van der Waals surface area contributed by atoms with Crippen LogP contribution in [-0.4, -0.2) is 59.9 Å². The van der Waals surface area contributed by atoms with E-state index in [1.54, 1.807) is 19.0 Å². The second-order valence-corrected chi connectivity index (χ2v) is 7.74. The van der Waals surface area contributed by atoms with Gasteiger partial charge in [-0.2, -0.15) is 0 Å². The molecule has 0 radical (unpaired) electrons. The summed E-state index contributed by atoms with van der Waals surface area (Å²) in [4.78, 5) is 31.8. The fourth-order valence-corrected chi connectivity index (χ4v) is 4.04. The number of nitrogens with zero attached hydrogens (tertiary/aromatic N) is 3. The van der Waals surface area contributed by atoms with Gasteiger partial charge >= 0.3 is 6.03 Å². The Kier molecular flexibility index (Phi) is 3.84. The van der Waals surface area contributed by atoms with Gasteiger partial charge in [0.05, 0.1) is 5.01 Å². The van der Waals surface area contributed by atoms with E-state index in [0.29, 0.717) is 5.69 Å². The maximum atomic E-state index is 12.4. The Morgan fingerprint density at radius 2 is 2.18 bits per heavy atom. The Morgan fingerprint density at radius 3 is 2.77 bits per heavy atom. The molecule has 7 heteroatoms. The number of thiazole rings is 1. The first-order chi connectivity index (χ1) is 10.4. The molecule has 22 heavy (non-hydrogen) atoms. The minimum Gasteiger partial charge on any atom is -0.337 e. The van der Waals surface area contributed by atoms with Gasteiger partial charge in [-0.1, -0.05) is 0 Å². The summed E-state index contributed by atoms with van der Waals surface area (Å²) >= 11 is 1.51. The van der Waals surface area contributed by atoms with Crippen molar-refractivity contribution in [1.82, 2.24) is 20.1 Å². The van der Waals surface area contributed by atoms with Crippen LogP contribution in [0.15, 0.2) is 5.38 Å². The first-order valence-electron chi connectivity index (χ1n) is 7.58. The molecule has 1 spiro atoms. The first kappa shape index (κ1) is 15.3. The lowest BCUT2D eigenvalue weighted by atomic mass is 9.65. The molecule has 1 saturated carbocycles. The maximum absolute atomic E-state index is 12.4. The zero-order valence-electron chi connectivity index (χ0n) is 13.3. The minimum absolute atomic E-state index is 0.0382. The number of carbonyl (C=O) groups excluding carboxylic acids is 2. The van der Waals surface area contributed by atoms with Gasteiger partial charge in [-0.15, -0.1) is 11.3 Å². The Balaban J connectivity index is 1.53. The van der Waals surface area contributed by atoms with E-state index in [1.165, 1.54) is 11.3 Å². The summed E-state index contributed by atoms with van der Waals surface area (Å²) in [7, 11) is 3.49. The first-order valence-corrected chi connectivity index (χ1v) is 8.46. The molecule has 1 saturated heterocycles.